The van der Waals surface area contributed by atoms with Crippen LogP contribution < -0.4 is 5.32 Å². The molecular weight excluding hydrogens is 257 g/mol. The first-order chi connectivity index (χ1) is 9.29. The molecule has 2 aromatic carbocycles. The van der Waals surface area contributed by atoms with Crippen LogP contribution in [0.15, 0.2) is 58.3 Å². The van der Waals surface area contributed by atoms with Gasteiger partial charge in [-0.1, -0.05) is 43.0 Å². The second kappa shape index (κ2) is 7.31. The van der Waals surface area contributed by atoms with Crippen molar-refractivity contribution in [2.75, 3.05) is 6.54 Å². The van der Waals surface area contributed by atoms with Gasteiger partial charge in [-0.15, -0.1) is 0 Å². The molecule has 0 bridgehead atoms. The second-order valence-electron chi connectivity index (χ2n) is 4.34. The van der Waals surface area contributed by atoms with Gasteiger partial charge in [0.05, 0.1) is 0 Å². The molecule has 1 N–H and O–H groups in total. The van der Waals surface area contributed by atoms with E-state index in [0.29, 0.717) is 0 Å². The van der Waals surface area contributed by atoms with Crippen LogP contribution in [0.25, 0.3) is 0 Å². The average Bonchev–Trinajstić information content (AvgIpc) is 2.41. The SMILES string of the molecule is CCCNCc1ccccc1Sc1cccc(F)c1. The highest BCUT2D eigenvalue weighted by atomic mass is 32.2. The molecule has 0 saturated carbocycles. The molecule has 0 spiro atoms. The van der Waals surface area contributed by atoms with E-state index in [4.69, 9.17) is 0 Å². The molecular formula is C16H18FNS. The molecule has 0 aliphatic heterocycles. The Bertz CT molecular complexity index is 528. The Labute approximate surface area is 118 Å². The van der Waals surface area contributed by atoms with E-state index in [-0.39, 0.29) is 5.82 Å². The first-order valence-electron chi connectivity index (χ1n) is 6.51. The third-order valence-electron chi connectivity index (χ3n) is 2.74. The van der Waals surface area contributed by atoms with E-state index >= 15 is 0 Å². The molecule has 19 heavy (non-hydrogen) atoms. The Hall–Kier alpha value is -1.32. The highest BCUT2D eigenvalue weighted by Gasteiger charge is 2.04. The summed E-state index contributed by atoms with van der Waals surface area (Å²) in [6, 6.07) is 15.0. The Morgan fingerprint density at radius 3 is 2.74 bits per heavy atom. The molecule has 3 heteroatoms. The summed E-state index contributed by atoms with van der Waals surface area (Å²) in [5, 5.41) is 3.40. The van der Waals surface area contributed by atoms with Crippen LogP contribution in [-0.4, -0.2) is 6.54 Å². The van der Waals surface area contributed by atoms with Crippen molar-refractivity contribution in [1.29, 1.82) is 0 Å². The van der Waals surface area contributed by atoms with Crippen LogP contribution in [0.5, 0.6) is 0 Å². The maximum Gasteiger partial charge on any atom is 0.124 e. The first kappa shape index (κ1) is 14.1. The van der Waals surface area contributed by atoms with E-state index in [1.165, 1.54) is 16.5 Å². The molecule has 0 amide bonds. The molecule has 1 nitrogen and oxygen atoms in total. The fourth-order valence-corrected chi connectivity index (χ4v) is 2.80. The van der Waals surface area contributed by atoms with E-state index in [1.807, 2.05) is 18.2 Å². The molecule has 0 aromatic heterocycles. The summed E-state index contributed by atoms with van der Waals surface area (Å²) in [6.45, 7) is 4.02. The minimum absolute atomic E-state index is 0.188. The van der Waals surface area contributed by atoms with Crippen LogP contribution in [0.4, 0.5) is 4.39 Å². The largest absolute Gasteiger partial charge is 0.313 e. The summed E-state index contributed by atoms with van der Waals surface area (Å²) in [4.78, 5) is 2.11. The van der Waals surface area contributed by atoms with Gasteiger partial charge in [-0.25, -0.2) is 4.39 Å². The Kier molecular flexibility index (Phi) is 5.43. The summed E-state index contributed by atoms with van der Waals surface area (Å²) in [7, 11) is 0. The van der Waals surface area contributed by atoms with Crippen molar-refractivity contribution in [3.05, 3.63) is 59.9 Å². The number of nitrogens with one attached hydrogen (secondary N) is 1. The predicted octanol–water partition coefficient (Wildman–Crippen LogP) is 4.48. The molecule has 0 radical (unpaired) electrons. The first-order valence-corrected chi connectivity index (χ1v) is 7.33. The van der Waals surface area contributed by atoms with Crippen molar-refractivity contribution in [3.8, 4) is 0 Å². The lowest BCUT2D eigenvalue weighted by Gasteiger charge is -2.10. The molecule has 2 rings (SSSR count). The lowest BCUT2D eigenvalue weighted by Crippen LogP contribution is -2.14. The van der Waals surface area contributed by atoms with Crippen LogP contribution in [-0.2, 0) is 6.54 Å². The van der Waals surface area contributed by atoms with Gasteiger partial charge >= 0.3 is 0 Å². The van der Waals surface area contributed by atoms with Crippen molar-refractivity contribution in [2.45, 2.75) is 29.7 Å². The normalized spacial score (nSPS) is 10.6. The van der Waals surface area contributed by atoms with Gasteiger partial charge < -0.3 is 5.32 Å². The molecule has 0 saturated heterocycles. The van der Waals surface area contributed by atoms with Gasteiger partial charge in [-0.05, 0) is 42.8 Å². The topological polar surface area (TPSA) is 12.0 Å². The van der Waals surface area contributed by atoms with Gasteiger partial charge in [0, 0.05) is 16.3 Å². The third kappa shape index (κ3) is 4.37. The zero-order chi connectivity index (χ0) is 13.5. The van der Waals surface area contributed by atoms with Crippen molar-refractivity contribution >= 4 is 11.8 Å². The number of hydrogen-bond acceptors (Lipinski definition) is 2. The zero-order valence-corrected chi connectivity index (χ0v) is 11.8. The predicted molar refractivity (Wildman–Crippen MR) is 79.0 cm³/mol. The van der Waals surface area contributed by atoms with Crippen molar-refractivity contribution in [3.63, 3.8) is 0 Å². The molecule has 0 heterocycles. The highest BCUT2D eigenvalue weighted by Crippen LogP contribution is 2.30. The van der Waals surface area contributed by atoms with Gasteiger partial charge in [0.25, 0.3) is 0 Å². The molecule has 0 atom stereocenters. The minimum Gasteiger partial charge on any atom is -0.313 e. The Morgan fingerprint density at radius 1 is 1.11 bits per heavy atom. The van der Waals surface area contributed by atoms with Gasteiger partial charge in [-0.2, -0.15) is 0 Å². The lowest BCUT2D eigenvalue weighted by molar-refractivity contribution is 0.624. The molecule has 100 valence electrons. The van der Waals surface area contributed by atoms with Gasteiger partial charge in [-0.3, -0.25) is 0 Å². The van der Waals surface area contributed by atoms with Crippen LogP contribution in [0.2, 0.25) is 0 Å². The van der Waals surface area contributed by atoms with Gasteiger partial charge in [0.15, 0.2) is 0 Å². The molecule has 2 aromatic rings. The van der Waals surface area contributed by atoms with Gasteiger partial charge in [0.1, 0.15) is 5.82 Å². The summed E-state index contributed by atoms with van der Waals surface area (Å²) < 4.78 is 13.2. The van der Waals surface area contributed by atoms with Crippen LogP contribution in [0.3, 0.4) is 0 Å². The highest BCUT2D eigenvalue weighted by molar-refractivity contribution is 7.99. The second-order valence-corrected chi connectivity index (χ2v) is 5.46. The Morgan fingerprint density at radius 2 is 1.95 bits per heavy atom. The molecule has 0 unspecified atom stereocenters. The smallest absolute Gasteiger partial charge is 0.124 e. The maximum absolute atomic E-state index is 13.2. The van der Waals surface area contributed by atoms with E-state index in [9.17, 15) is 4.39 Å². The summed E-state index contributed by atoms with van der Waals surface area (Å²) in [6.07, 6.45) is 1.12. The van der Waals surface area contributed by atoms with E-state index in [0.717, 1.165) is 24.4 Å². The van der Waals surface area contributed by atoms with E-state index < -0.39 is 0 Å². The van der Waals surface area contributed by atoms with E-state index in [2.05, 4.69) is 24.4 Å². The number of halogens is 1. The molecule has 0 aliphatic rings. The molecule has 0 fully saturated rings. The monoisotopic (exact) mass is 275 g/mol. The average molecular weight is 275 g/mol. The minimum atomic E-state index is -0.188. The third-order valence-corrected chi connectivity index (χ3v) is 3.85. The summed E-state index contributed by atoms with van der Waals surface area (Å²) in [5.41, 5.74) is 1.25. The number of benzene rings is 2. The van der Waals surface area contributed by atoms with Crippen molar-refractivity contribution in [2.24, 2.45) is 0 Å². The summed E-state index contributed by atoms with van der Waals surface area (Å²) >= 11 is 1.61. The lowest BCUT2D eigenvalue weighted by atomic mass is 10.2. The quantitative estimate of drug-likeness (QED) is 0.780. The summed E-state index contributed by atoms with van der Waals surface area (Å²) in [5.74, 6) is -0.188. The maximum atomic E-state index is 13.2. The Balaban J connectivity index is 2.11. The molecule has 0 aliphatic carbocycles. The fraction of sp³-hybridized carbons (Fsp3) is 0.250. The van der Waals surface area contributed by atoms with Gasteiger partial charge in [0.2, 0.25) is 0 Å². The fourth-order valence-electron chi connectivity index (χ4n) is 1.81. The standard InChI is InChI=1S/C16H18FNS/c1-2-10-18-12-13-6-3-4-9-16(13)19-15-8-5-7-14(17)11-15/h3-9,11,18H,2,10,12H2,1H3. The van der Waals surface area contributed by atoms with Crippen molar-refractivity contribution in [1.82, 2.24) is 5.32 Å². The van der Waals surface area contributed by atoms with Crippen LogP contribution in [0.1, 0.15) is 18.9 Å². The number of hydrogen-bond donors (Lipinski definition) is 1. The van der Waals surface area contributed by atoms with Crippen LogP contribution >= 0.6 is 11.8 Å². The van der Waals surface area contributed by atoms with E-state index in [1.54, 1.807) is 23.9 Å². The van der Waals surface area contributed by atoms with Crippen LogP contribution in [0, 0.1) is 5.82 Å². The number of rotatable bonds is 6. The van der Waals surface area contributed by atoms with Crippen molar-refractivity contribution < 1.29 is 4.39 Å². The zero-order valence-electron chi connectivity index (χ0n) is 11.0.